The van der Waals surface area contributed by atoms with Crippen molar-refractivity contribution in [3.8, 4) is 11.8 Å². The predicted molar refractivity (Wildman–Crippen MR) is 97.7 cm³/mol. The number of nitrogens with zero attached hydrogens (tertiary/aromatic N) is 2. The summed E-state index contributed by atoms with van der Waals surface area (Å²) in [5.74, 6) is -0.964. The minimum atomic E-state index is -0.964. The second kappa shape index (κ2) is 7.08. The van der Waals surface area contributed by atoms with Crippen molar-refractivity contribution in [3.05, 3.63) is 88.7 Å². The van der Waals surface area contributed by atoms with Crippen molar-refractivity contribution < 1.29 is 9.90 Å². The minimum Gasteiger partial charge on any atom is -0.478 e. The molecule has 0 spiro atoms. The zero-order valence-electron chi connectivity index (χ0n) is 13.1. The fraction of sp³-hybridized carbons (Fsp3) is 0. The lowest BCUT2D eigenvalue weighted by Crippen LogP contribution is -1.99. The quantitative estimate of drug-likeness (QED) is 0.682. The van der Waals surface area contributed by atoms with Crippen LogP contribution in [-0.2, 0) is 0 Å². The molecular weight excluding hydrogens is 336 g/mol. The van der Waals surface area contributed by atoms with Crippen LogP contribution in [0.2, 0.25) is 5.02 Å². The van der Waals surface area contributed by atoms with Gasteiger partial charge in [0.25, 0.3) is 0 Å². The van der Waals surface area contributed by atoms with Gasteiger partial charge < -0.3 is 9.67 Å². The maximum absolute atomic E-state index is 11.0. The van der Waals surface area contributed by atoms with Crippen LogP contribution in [0.5, 0.6) is 0 Å². The molecule has 0 aliphatic rings. The monoisotopic (exact) mass is 348 g/mol. The number of nitriles is 1. The van der Waals surface area contributed by atoms with Gasteiger partial charge in [0, 0.05) is 22.6 Å². The van der Waals surface area contributed by atoms with E-state index in [0.29, 0.717) is 10.6 Å². The lowest BCUT2D eigenvalue weighted by Gasteiger charge is -2.08. The van der Waals surface area contributed by atoms with Gasteiger partial charge in [0.15, 0.2) is 0 Å². The number of aromatic carboxylic acids is 1. The third-order valence-electron chi connectivity index (χ3n) is 3.74. The zero-order chi connectivity index (χ0) is 17.8. The number of hydrogen-bond donors (Lipinski definition) is 1. The van der Waals surface area contributed by atoms with E-state index in [4.69, 9.17) is 16.7 Å². The van der Waals surface area contributed by atoms with Crippen molar-refractivity contribution in [1.82, 2.24) is 4.57 Å². The van der Waals surface area contributed by atoms with E-state index in [1.165, 1.54) is 0 Å². The average Bonchev–Trinajstić information content (AvgIpc) is 3.09. The van der Waals surface area contributed by atoms with E-state index in [0.717, 1.165) is 16.9 Å². The van der Waals surface area contributed by atoms with Crippen LogP contribution in [0.3, 0.4) is 0 Å². The van der Waals surface area contributed by atoms with Crippen LogP contribution in [0.25, 0.3) is 17.3 Å². The fourth-order valence-electron chi connectivity index (χ4n) is 2.47. The predicted octanol–water partition coefficient (Wildman–Crippen LogP) is 4.89. The molecular formula is C20H13ClN2O2. The largest absolute Gasteiger partial charge is 0.478 e. The highest BCUT2D eigenvalue weighted by Gasteiger charge is 2.07. The van der Waals surface area contributed by atoms with E-state index in [1.807, 2.05) is 22.9 Å². The van der Waals surface area contributed by atoms with Gasteiger partial charge in [-0.05, 0) is 60.2 Å². The summed E-state index contributed by atoms with van der Waals surface area (Å²) < 4.78 is 1.89. The molecule has 0 bridgehead atoms. The molecule has 0 saturated heterocycles. The Hall–Kier alpha value is -3.29. The molecule has 4 nitrogen and oxygen atoms in total. The number of carboxylic acid groups (broad SMARTS) is 1. The van der Waals surface area contributed by atoms with Crippen molar-refractivity contribution in [2.45, 2.75) is 0 Å². The molecule has 2 aromatic carbocycles. The van der Waals surface area contributed by atoms with Gasteiger partial charge in [0.1, 0.15) is 0 Å². The summed E-state index contributed by atoms with van der Waals surface area (Å²) in [5.41, 5.74) is 3.15. The first-order valence-electron chi connectivity index (χ1n) is 7.47. The SMILES string of the molecule is N#CC(=Cc1cccn1-c1ccc(C(=O)O)cc1)c1ccc(Cl)cc1. The molecule has 0 aliphatic heterocycles. The van der Waals surface area contributed by atoms with Crippen LogP contribution in [0.1, 0.15) is 21.6 Å². The Bertz CT molecular complexity index is 978. The molecule has 0 amide bonds. The van der Waals surface area contributed by atoms with E-state index in [2.05, 4.69) is 6.07 Å². The third-order valence-corrected chi connectivity index (χ3v) is 3.99. The Labute approximate surface area is 149 Å². The van der Waals surface area contributed by atoms with Gasteiger partial charge in [0.2, 0.25) is 0 Å². The standard InChI is InChI=1S/C20H13ClN2O2/c21-17-7-3-14(4-8-17)16(13-22)12-19-2-1-11-23(19)18-9-5-15(6-10-18)20(24)25/h1-12H,(H,24,25). The topological polar surface area (TPSA) is 66.0 Å². The Morgan fingerprint density at radius 2 is 1.68 bits per heavy atom. The molecule has 5 heteroatoms. The first kappa shape index (κ1) is 16.6. The Morgan fingerprint density at radius 3 is 2.28 bits per heavy atom. The zero-order valence-corrected chi connectivity index (χ0v) is 13.8. The number of halogens is 1. The Kier molecular flexibility index (Phi) is 4.69. The first-order valence-corrected chi connectivity index (χ1v) is 7.85. The summed E-state index contributed by atoms with van der Waals surface area (Å²) >= 11 is 5.89. The van der Waals surface area contributed by atoms with Crippen LogP contribution in [0.4, 0.5) is 0 Å². The molecule has 3 aromatic rings. The molecule has 122 valence electrons. The molecule has 0 aliphatic carbocycles. The van der Waals surface area contributed by atoms with Gasteiger partial charge in [-0.1, -0.05) is 23.7 Å². The number of hydrogen-bond acceptors (Lipinski definition) is 2. The summed E-state index contributed by atoms with van der Waals surface area (Å²) in [4.78, 5) is 11.0. The summed E-state index contributed by atoms with van der Waals surface area (Å²) in [6.07, 6.45) is 3.65. The maximum Gasteiger partial charge on any atom is 0.335 e. The number of benzene rings is 2. The maximum atomic E-state index is 11.0. The van der Waals surface area contributed by atoms with Gasteiger partial charge in [-0.3, -0.25) is 0 Å². The Morgan fingerprint density at radius 1 is 1.04 bits per heavy atom. The normalized spacial score (nSPS) is 11.1. The number of aromatic nitrogens is 1. The minimum absolute atomic E-state index is 0.229. The van der Waals surface area contributed by atoms with E-state index < -0.39 is 5.97 Å². The molecule has 0 fully saturated rings. The molecule has 1 N–H and O–H groups in total. The van der Waals surface area contributed by atoms with Crippen LogP contribution >= 0.6 is 11.6 Å². The van der Waals surface area contributed by atoms with Gasteiger partial charge in [0.05, 0.1) is 17.2 Å². The van der Waals surface area contributed by atoms with E-state index in [9.17, 15) is 10.1 Å². The third kappa shape index (κ3) is 3.63. The lowest BCUT2D eigenvalue weighted by atomic mass is 10.1. The van der Waals surface area contributed by atoms with Crippen molar-refractivity contribution >= 4 is 29.2 Å². The summed E-state index contributed by atoms with van der Waals surface area (Å²) in [6, 6.07) is 19.6. The van der Waals surface area contributed by atoms with E-state index in [-0.39, 0.29) is 5.56 Å². The van der Waals surface area contributed by atoms with Gasteiger partial charge in [-0.2, -0.15) is 5.26 Å². The molecule has 0 atom stereocenters. The van der Waals surface area contributed by atoms with Crippen molar-refractivity contribution in [2.24, 2.45) is 0 Å². The lowest BCUT2D eigenvalue weighted by molar-refractivity contribution is 0.0697. The van der Waals surface area contributed by atoms with Gasteiger partial charge >= 0.3 is 5.97 Å². The molecule has 3 rings (SSSR count). The molecule has 1 heterocycles. The highest BCUT2D eigenvalue weighted by Crippen LogP contribution is 2.22. The smallest absolute Gasteiger partial charge is 0.335 e. The second-order valence-electron chi connectivity index (χ2n) is 5.33. The molecule has 0 saturated carbocycles. The van der Waals surface area contributed by atoms with Crippen molar-refractivity contribution in [2.75, 3.05) is 0 Å². The highest BCUT2D eigenvalue weighted by atomic mass is 35.5. The number of carboxylic acids is 1. The van der Waals surface area contributed by atoms with E-state index >= 15 is 0 Å². The average molecular weight is 349 g/mol. The van der Waals surface area contributed by atoms with Crippen molar-refractivity contribution in [3.63, 3.8) is 0 Å². The van der Waals surface area contributed by atoms with Crippen LogP contribution < -0.4 is 0 Å². The van der Waals surface area contributed by atoms with Crippen LogP contribution in [0, 0.1) is 11.3 Å². The van der Waals surface area contributed by atoms with Gasteiger partial charge in [-0.15, -0.1) is 0 Å². The second-order valence-corrected chi connectivity index (χ2v) is 5.77. The highest BCUT2D eigenvalue weighted by molar-refractivity contribution is 6.30. The first-order chi connectivity index (χ1) is 12.1. The van der Waals surface area contributed by atoms with Crippen molar-refractivity contribution in [1.29, 1.82) is 5.26 Å². The number of carbonyl (C=O) groups is 1. The molecule has 0 unspecified atom stereocenters. The Balaban J connectivity index is 1.99. The van der Waals surface area contributed by atoms with Crippen LogP contribution in [-0.4, -0.2) is 15.6 Å². The van der Waals surface area contributed by atoms with Gasteiger partial charge in [-0.25, -0.2) is 4.79 Å². The summed E-state index contributed by atoms with van der Waals surface area (Å²) in [6.45, 7) is 0. The fourth-order valence-corrected chi connectivity index (χ4v) is 2.59. The molecule has 0 radical (unpaired) electrons. The number of rotatable bonds is 4. The summed E-state index contributed by atoms with van der Waals surface area (Å²) in [7, 11) is 0. The molecule has 25 heavy (non-hydrogen) atoms. The van der Waals surface area contributed by atoms with Crippen LogP contribution in [0.15, 0.2) is 66.9 Å². The number of allylic oxidation sites excluding steroid dienone is 1. The van der Waals surface area contributed by atoms with E-state index in [1.54, 1.807) is 54.6 Å². The molecule has 1 aromatic heterocycles. The summed E-state index contributed by atoms with van der Waals surface area (Å²) in [5, 5.41) is 19.1.